The van der Waals surface area contributed by atoms with Crippen LogP contribution in [0, 0.1) is 12.8 Å². The highest BCUT2D eigenvalue weighted by Crippen LogP contribution is 2.24. The Morgan fingerprint density at radius 3 is 2.91 bits per heavy atom. The number of nitrogens with zero attached hydrogens (tertiary/aromatic N) is 1. The minimum atomic E-state index is 0.0886. The summed E-state index contributed by atoms with van der Waals surface area (Å²) in [5, 5.41) is 0. The SMILES string of the molecule is CCOCC(=O)N1CC[C@@H](OC)[C@@H](Cc2cccc(C)c2)C1. The van der Waals surface area contributed by atoms with Gasteiger partial charge in [0.1, 0.15) is 6.61 Å². The Balaban J connectivity index is 2.00. The van der Waals surface area contributed by atoms with Crippen LogP contribution in [-0.4, -0.2) is 50.3 Å². The van der Waals surface area contributed by atoms with E-state index in [0.29, 0.717) is 12.5 Å². The first-order chi connectivity index (χ1) is 10.6. The van der Waals surface area contributed by atoms with Gasteiger partial charge in [-0.05, 0) is 32.3 Å². The van der Waals surface area contributed by atoms with Crippen LogP contribution in [0.1, 0.15) is 24.5 Å². The van der Waals surface area contributed by atoms with Gasteiger partial charge in [-0.1, -0.05) is 29.8 Å². The molecule has 0 spiro atoms. The highest BCUT2D eigenvalue weighted by atomic mass is 16.5. The third-order valence-corrected chi connectivity index (χ3v) is 4.33. The lowest BCUT2D eigenvalue weighted by Crippen LogP contribution is -2.48. The van der Waals surface area contributed by atoms with E-state index in [4.69, 9.17) is 9.47 Å². The Morgan fingerprint density at radius 2 is 2.23 bits per heavy atom. The zero-order valence-corrected chi connectivity index (χ0v) is 13.9. The van der Waals surface area contributed by atoms with Crippen molar-refractivity contribution in [2.75, 3.05) is 33.4 Å². The largest absolute Gasteiger partial charge is 0.381 e. The molecule has 2 rings (SSSR count). The number of carbonyl (C=O) groups is 1. The van der Waals surface area contributed by atoms with E-state index in [9.17, 15) is 4.79 Å². The first kappa shape index (κ1) is 17.0. The molecule has 1 aliphatic heterocycles. The number of ether oxygens (including phenoxy) is 2. The van der Waals surface area contributed by atoms with Gasteiger partial charge in [-0.25, -0.2) is 0 Å². The van der Waals surface area contributed by atoms with E-state index in [0.717, 1.165) is 25.9 Å². The number of carbonyl (C=O) groups excluding carboxylic acids is 1. The third-order valence-electron chi connectivity index (χ3n) is 4.33. The van der Waals surface area contributed by atoms with Crippen molar-refractivity contribution in [1.29, 1.82) is 0 Å². The molecular weight excluding hydrogens is 278 g/mol. The van der Waals surface area contributed by atoms with Crippen LogP contribution in [0.5, 0.6) is 0 Å². The molecule has 2 atom stereocenters. The molecule has 0 aromatic heterocycles. The average Bonchev–Trinajstić information content (AvgIpc) is 2.52. The van der Waals surface area contributed by atoms with Crippen LogP contribution in [0.3, 0.4) is 0 Å². The zero-order chi connectivity index (χ0) is 15.9. The van der Waals surface area contributed by atoms with Gasteiger partial charge in [0.25, 0.3) is 0 Å². The lowest BCUT2D eigenvalue weighted by atomic mass is 9.88. The lowest BCUT2D eigenvalue weighted by molar-refractivity contribution is -0.140. The Bertz CT molecular complexity index is 489. The van der Waals surface area contributed by atoms with Crippen molar-refractivity contribution in [3.63, 3.8) is 0 Å². The molecule has 1 fully saturated rings. The highest BCUT2D eigenvalue weighted by Gasteiger charge is 2.31. The summed E-state index contributed by atoms with van der Waals surface area (Å²) in [6.45, 7) is 6.28. The molecule has 1 saturated heterocycles. The van der Waals surface area contributed by atoms with Gasteiger partial charge in [0.2, 0.25) is 5.91 Å². The smallest absolute Gasteiger partial charge is 0.248 e. The van der Waals surface area contributed by atoms with Gasteiger partial charge >= 0.3 is 0 Å². The summed E-state index contributed by atoms with van der Waals surface area (Å²) in [4.78, 5) is 14.1. The highest BCUT2D eigenvalue weighted by molar-refractivity contribution is 5.77. The molecule has 1 heterocycles. The second-order valence-corrected chi connectivity index (χ2v) is 5.99. The maximum Gasteiger partial charge on any atom is 0.248 e. The van der Waals surface area contributed by atoms with Crippen LogP contribution in [0.15, 0.2) is 24.3 Å². The van der Waals surface area contributed by atoms with Crippen LogP contribution in [0.2, 0.25) is 0 Å². The summed E-state index contributed by atoms with van der Waals surface area (Å²) in [6.07, 6.45) is 2.06. The fourth-order valence-electron chi connectivity index (χ4n) is 3.17. The number of hydrogen-bond donors (Lipinski definition) is 0. The van der Waals surface area contributed by atoms with Crippen molar-refractivity contribution in [1.82, 2.24) is 4.90 Å². The molecule has 1 aromatic carbocycles. The summed E-state index contributed by atoms with van der Waals surface area (Å²) < 4.78 is 10.9. The molecular formula is C18H27NO3. The summed E-state index contributed by atoms with van der Waals surface area (Å²) in [5.74, 6) is 0.428. The van der Waals surface area contributed by atoms with Gasteiger partial charge < -0.3 is 14.4 Å². The lowest BCUT2D eigenvalue weighted by Gasteiger charge is -2.38. The van der Waals surface area contributed by atoms with Gasteiger partial charge in [-0.2, -0.15) is 0 Å². The van der Waals surface area contributed by atoms with E-state index >= 15 is 0 Å². The van der Waals surface area contributed by atoms with Crippen molar-refractivity contribution in [3.8, 4) is 0 Å². The Hall–Kier alpha value is -1.39. The molecule has 22 heavy (non-hydrogen) atoms. The van der Waals surface area contributed by atoms with Gasteiger partial charge in [0, 0.05) is 32.7 Å². The average molecular weight is 305 g/mol. The molecule has 122 valence electrons. The first-order valence-electron chi connectivity index (χ1n) is 8.08. The first-order valence-corrected chi connectivity index (χ1v) is 8.08. The molecule has 0 bridgehead atoms. The molecule has 1 amide bonds. The minimum Gasteiger partial charge on any atom is -0.381 e. The van der Waals surface area contributed by atoms with Crippen molar-refractivity contribution in [3.05, 3.63) is 35.4 Å². The maximum atomic E-state index is 12.2. The van der Waals surface area contributed by atoms with E-state index in [1.807, 2.05) is 11.8 Å². The number of likely N-dealkylation sites (tertiary alicyclic amines) is 1. The van der Waals surface area contributed by atoms with Crippen molar-refractivity contribution in [2.24, 2.45) is 5.92 Å². The molecule has 0 N–H and O–H groups in total. The van der Waals surface area contributed by atoms with Crippen molar-refractivity contribution >= 4 is 5.91 Å². The number of methoxy groups -OCH3 is 1. The van der Waals surface area contributed by atoms with E-state index in [1.54, 1.807) is 7.11 Å². The molecule has 4 nitrogen and oxygen atoms in total. The van der Waals surface area contributed by atoms with Gasteiger partial charge in [-0.15, -0.1) is 0 Å². The van der Waals surface area contributed by atoms with Gasteiger partial charge in [0.15, 0.2) is 0 Å². The molecule has 4 heteroatoms. The minimum absolute atomic E-state index is 0.0886. The second kappa shape index (κ2) is 8.30. The molecule has 0 saturated carbocycles. The Morgan fingerprint density at radius 1 is 1.41 bits per heavy atom. The van der Waals surface area contributed by atoms with E-state index in [2.05, 4.69) is 31.2 Å². The topological polar surface area (TPSA) is 38.8 Å². The summed E-state index contributed by atoms with van der Waals surface area (Å²) >= 11 is 0. The van der Waals surface area contributed by atoms with E-state index in [1.165, 1.54) is 11.1 Å². The zero-order valence-electron chi connectivity index (χ0n) is 13.9. The number of rotatable bonds is 6. The Kier molecular flexibility index (Phi) is 6.40. The van der Waals surface area contributed by atoms with E-state index in [-0.39, 0.29) is 18.6 Å². The van der Waals surface area contributed by atoms with Crippen molar-refractivity contribution in [2.45, 2.75) is 32.8 Å². The van der Waals surface area contributed by atoms with Crippen LogP contribution in [0.4, 0.5) is 0 Å². The summed E-state index contributed by atoms with van der Waals surface area (Å²) in [7, 11) is 1.77. The van der Waals surface area contributed by atoms with Gasteiger partial charge in [-0.3, -0.25) is 4.79 Å². The monoisotopic (exact) mass is 305 g/mol. The van der Waals surface area contributed by atoms with Gasteiger partial charge in [0.05, 0.1) is 6.10 Å². The molecule has 0 unspecified atom stereocenters. The number of piperidine rings is 1. The Labute approximate surface area is 133 Å². The molecule has 0 radical (unpaired) electrons. The summed E-state index contributed by atoms with van der Waals surface area (Å²) in [6, 6.07) is 8.57. The number of amides is 1. The summed E-state index contributed by atoms with van der Waals surface area (Å²) in [5.41, 5.74) is 2.58. The predicted molar refractivity (Wildman–Crippen MR) is 86.9 cm³/mol. The quantitative estimate of drug-likeness (QED) is 0.810. The predicted octanol–water partition coefficient (Wildman–Crippen LogP) is 2.44. The second-order valence-electron chi connectivity index (χ2n) is 5.99. The molecule has 1 aromatic rings. The van der Waals surface area contributed by atoms with Crippen LogP contribution < -0.4 is 0 Å². The van der Waals surface area contributed by atoms with Crippen LogP contribution in [0.25, 0.3) is 0 Å². The van der Waals surface area contributed by atoms with Crippen LogP contribution >= 0.6 is 0 Å². The number of benzene rings is 1. The molecule has 1 aliphatic rings. The number of hydrogen-bond acceptors (Lipinski definition) is 3. The fourth-order valence-corrected chi connectivity index (χ4v) is 3.17. The standard InChI is InChI=1S/C18H27NO3/c1-4-22-13-18(20)19-9-8-17(21-3)16(12-19)11-15-7-5-6-14(2)10-15/h5-7,10,16-17H,4,8-9,11-13H2,1-3H3/t16-,17+/m0/s1. The van der Waals surface area contributed by atoms with Crippen LogP contribution in [-0.2, 0) is 20.7 Å². The third kappa shape index (κ3) is 4.55. The molecule has 0 aliphatic carbocycles. The number of aryl methyl sites for hydroxylation is 1. The fraction of sp³-hybridized carbons (Fsp3) is 0.611. The van der Waals surface area contributed by atoms with Crippen molar-refractivity contribution < 1.29 is 14.3 Å². The normalized spacial score (nSPS) is 21.9. The van der Waals surface area contributed by atoms with E-state index < -0.39 is 0 Å². The maximum absolute atomic E-state index is 12.2.